The highest BCUT2D eigenvalue weighted by Crippen LogP contribution is 2.41. The highest BCUT2D eigenvalue weighted by atomic mass is 16.6. The van der Waals surface area contributed by atoms with E-state index in [9.17, 15) is 19.5 Å². The first-order chi connectivity index (χ1) is 22.0. The summed E-state index contributed by atoms with van der Waals surface area (Å²) in [5.41, 5.74) is 0.864. The molecule has 12 heteroatoms. The number of hydrogen-bond acceptors (Lipinski definition) is 9. The van der Waals surface area contributed by atoms with Crippen molar-refractivity contribution < 1.29 is 33.7 Å². The van der Waals surface area contributed by atoms with E-state index in [2.05, 4.69) is 22.2 Å². The Hall–Kier alpha value is -3.67. The molecule has 0 aromatic carbocycles. The second-order valence-electron chi connectivity index (χ2n) is 14.5. The number of carbonyl (C=O) groups excluding carboxylic acids is 2. The lowest BCUT2D eigenvalue weighted by Gasteiger charge is -2.34. The summed E-state index contributed by atoms with van der Waals surface area (Å²) < 4.78 is 19.1. The SMILES string of the molecule is CN1CCC(Oc2c3c(nc4ccncc24)O[C@@H]2C[C@@H](C(=O)O)N(C2)C(=O)[C@H](C(C)(C)C)NC(=O)OC2C[C@@H]2CCCCC3)CC1. The van der Waals surface area contributed by atoms with Gasteiger partial charge >= 0.3 is 12.1 Å². The molecule has 2 aromatic heterocycles. The second-order valence-corrected chi connectivity index (χ2v) is 14.5. The van der Waals surface area contributed by atoms with Crippen molar-refractivity contribution in [2.75, 3.05) is 26.7 Å². The van der Waals surface area contributed by atoms with Crippen molar-refractivity contribution in [3.05, 3.63) is 24.0 Å². The zero-order valence-electron chi connectivity index (χ0n) is 27.4. The highest BCUT2D eigenvalue weighted by molar-refractivity contribution is 5.90. The number of nitrogens with one attached hydrogen (secondary N) is 1. The summed E-state index contributed by atoms with van der Waals surface area (Å²) in [5.74, 6) is -0.128. The van der Waals surface area contributed by atoms with Gasteiger partial charge in [0.05, 0.1) is 23.0 Å². The monoisotopic (exact) mass is 637 g/mol. The van der Waals surface area contributed by atoms with Crippen molar-refractivity contribution in [1.29, 1.82) is 0 Å². The Kier molecular flexibility index (Phi) is 9.27. The van der Waals surface area contributed by atoms with Gasteiger partial charge in [-0.1, -0.05) is 33.6 Å². The molecule has 4 aliphatic rings. The number of rotatable bonds is 3. The zero-order valence-corrected chi connectivity index (χ0v) is 27.4. The number of pyridine rings is 2. The van der Waals surface area contributed by atoms with Gasteiger partial charge in [0.25, 0.3) is 0 Å². The molecule has 250 valence electrons. The molecular weight excluding hydrogens is 590 g/mol. The first-order valence-corrected chi connectivity index (χ1v) is 16.8. The number of carboxylic acids is 1. The molecule has 6 rings (SSSR count). The maximum Gasteiger partial charge on any atom is 0.408 e. The molecule has 2 amide bonds. The maximum absolute atomic E-state index is 14.0. The summed E-state index contributed by atoms with van der Waals surface area (Å²) in [7, 11) is 2.12. The Balaban J connectivity index is 1.36. The van der Waals surface area contributed by atoms with Gasteiger partial charge in [-0.15, -0.1) is 0 Å². The van der Waals surface area contributed by atoms with Crippen LogP contribution in [0.5, 0.6) is 11.6 Å². The van der Waals surface area contributed by atoms with Gasteiger partial charge in [-0.3, -0.25) is 9.78 Å². The van der Waals surface area contributed by atoms with Crippen molar-refractivity contribution in [2.24, 2.45) is 11.3 Å². The maximum atomic E-state index is 14.0. The Bertz CT molecular complexity index is 1450. The van der Waals surface area contributed by atoms with E-state index < -0.39 is 41.6 Å². The van der Waals surface area contributed by atoms with Crippen LogP contribution >= 0.6 is 0 Å². The van der Waals surface area contributed by atoms with E-state index in [-0.39, 0.29) is 25.2 Å². The number of hydrogen-bond donors (Lipinski definition) is 2. The molecule has 5 heterocycles. The average Bonchev–Trinajstić information content (AvgIpc) is 3.59. The van der Waals surface area contributed by atoms with Crippen LogP contribution in [0.15, 0.2) is 18.5 Å². The van der Waals surface area contributed by atoms with Crippen molar-refractivity contribution in [3.63, 3.8) is 0 Å². The molecule has 12 nitrogen and oxygen atoms in total. The molecule has 2 bridgehead atoms. The Morgan fingerprint density at radius 1 is 1.09 bits per heavy atom. The fourth-order valence-electron chi connectivity index (χ4n) is 6.99. The molecular formula is C34H47N5O7. The number of alkyl carbamates (subject to hydrolysis) is 1. The predicted octanol–water partition coefficient (Wildman–Crippen LogP) is 4.18. The van der Waals surface area contributed by atoms with Gasteiger partial charge in [0.2, 0.25) is 11.8 Å². The lowest BCUT2D eigenvalue weighted by Crippen LogP contribution is -2.57. The molecule has 3 aliphatic heterocycles. The Morgan fingerprint density at radius 2 is 1.87 bits per heavy atom. The fourth-order valence-corrected chi connectivity index (χ4v) is 6.99. The van der Waals surface area contributed by atoms with Crippen LogP contribution in [0.3, 0.4) is 0 Å². The van der Waals surface area contributed by atoms with E-state index in [1.807, 2.05) is 26.8 Å². The molecule has 2 saturated heterocycles. The van der Waals surface area contributed by atoms with Crippen LogP contribution in [0.1, 0.15) is 77.7 Å². The molecule has 0 radical (unpaired) electrons. The largest absolute Gasteiger partial charge is 0.489 e. The number of aromatic nitrogens is 2. The zero-order chi connectivity index (χ0) is 32.6. The van der Waals surface area contributed by atoms with Gasteiger partial charge in [-0.25, -0.2) is 14.6 Å². The molecule has 3 fully saturated rings. The summed E-state index contributed by atoms with van der Waals surface area (Å²) in [6.45, 7) is 7.48. The van der Waals surface area contributed by atoms with Crippen molar-refractivity contribution in [3.8, 4) is 11.6 Å². The van der Waals surface area contributed by atoms with Crippen molar-refractivity contribution in [1.82, 2.24) is 25.1 Å². The number of ether oxygens (including phenoxy) is 3. The lowest BCUT2D eigenvalue weighted by atomic mass is 9.85. The number of aliphatic carboxylic acids is 1. The van der Waals surface area contributed by atoms with E-state index in [4.69, 9.17) is 19.2 Å². The number of likely N-dealkylation sites (tertiary alicyclic amines) is 1. The molecule has 1 aliphatic carbocycles. The van der Waals surface area contributed by atoms with Gasteiger partial charge in [-0.2, -0.15) is 0 Å². The first kappa shape index (κ1) is 32.3. The van der Waals surface area contributed by atoms with Gasteiger partial charge in [-0.05, 0) is 63.0 Å². The third-order valence-electron chi connectivity index (χ3n) is 9.85. The van der Waals surface area contributed by atoms with E-state index in [1.165, 1.54) is 4.90 Å². The van der Waals surface area contributed by atoms with Crippen LogP contribution in [0.25, 0.3) is 10.9 Å². The lowest BCUT2D eigenvalue weighted by molar-refractivity contribution is -0.150. The van der Waals surface area contributed by atoms with Crippen LogP contribution in [-0.2, 0) is 20.7 Å². The molecule has 2 N–H and O–H groups in total. The molecule has 1 saturated carbocycles. The van der Waals surface area contributed by atoms with Gasteiger partial charge in [0.1, 0.15) is 36.1 Å². The molecule has 0 spiro atoms. The van der Waals surface area contributed by atoms with Crippen LogP contribution in [-0.4, -0.2) is 99.9 Å². The third-order valence-corrected chi connectivity index (χ3v) is 9.85. The Labute approximate surface area is 270 Å². The van der Waals surface area contributed by atoms with E-state index in [0.29, 0.717) is 23.7 Å². The molecule has 46 heavy (non-hydrogen) atoms. The minimum absolute atomic E-state index is 0.0461. The first-order valence-electron chi connectivity index (χ1n) is 16.8. The van der Waals surface area contributed by atoms with Crippen LogP contribution < -0.4 is 14.8 Å². The van der Waals surface area contributed by atoms with Crippen LogP contribution in [0.2, 0.25) is 0 Å². The quantitative estimate of drug-likeness (QED) is 0.503. The van der Waals surface area contributed by atoms with Gasteiger partial charge in [0, 0.05) is 31.9 Å². The number of piperidine rings is 1. The summed E-state index contributed by atoms with van der Waals surface area (Å²) in [6.07, 6.45) is 9.31. The normalized spacial score (nSPS) is 28.6. The Morgan fingerprint density at radius 3 is 2.61 bits per heavy atom. The van der Waals surface area contributed by atoms with Crippen molar-refractivity contribution >= 4 is 28.9 Å². The van der Waals surface area contributed by atoms with E-state index in [0.717, 1.165) is 74.7 Å². The minimum Gasteiger partial charge on any atom is -0.489 e. The smallest absolute Gasteiger partial charge is 0.408 e. The number of carbonyl (C=O) groups is 3. The standard InChI is InChI=1S/C34H47N5O7/c1-34(2,3)29-31(40)39-19-22(17-26(39)32(41)42)45-30-23(9-7-5-6-8-20-16-27(20)46-33(43)37-29)28(24-18-35-13-10-25(24)36-30)44-21-11-14-38(4)15-12-21/h10,13,18,20-22,26-27,29H,5-9,11-12,14-17,19H2,1-4H3,(H,37,43)(H,41,42)/t20-,22+,26-,27?,29+/m0/s1. The minimum atomic E-state index is -1.12. The van der Waals surface area contributed by atoms with E-state index >= 15 is 0 Å². The molecule has 2 aromatic rings. The number of amides is 2. The van der Waals surface area contributed by atoms with E-state index in [1.54, 1.807) is 12.4 Å². The summed E-state index contributed by atoms with van der Waals surface area (Å²) in [6, 6.07) is -0.257. The number of fused-ring (bicyclic) bond motifs is 5. The second kappa shape index (κ2) is 13.2. The summed E-state index contributed by atoms with van der Waals surface area (Å²) >= 11 is 0. The van der Waals surface area contributed by atoms with Gasteiger partial charge < -0.3 is 34.4 Å². The third kappa shape index (κ3) is 7.16. The summed E-state index contributed by atoms with van der Waals surface area (Å²) in [5, 5.41) is 13.8. The van der Waals surface area contributed by atoms with Gasteiger partial charge in [0.15, 0.2) is 0 Å². The van der Waals surface area contributed by atoms with Crippen LogP contribution in [0.4, 0.5) is 4.79 Å². The predicted molar refractivity (Wildman–Crippen MR) is 170 cm³/mol. The molecule has 1 unspecified atom stereocenters. The fraction of sp³-hybridized carbons (Fsp3) is 0.676. The van der Waals surface area contributed by atoms with Crippen molar-refractivity contribution in [2.45, 2.75) is 109 Å². The summed E-state index contributed by atoms with van der Waals surface area (Å²) in [4.78, 5) is 52.3. The average molecular weight is 638 g/mol. The van der Waals surface area contributed by atoms with Crippen LogP contribution in [0, 0.1) is 11.3 Å². The number of nitrogens with zero attached hydrogens (tertiary/aromatic N) is 4. The number of carboxylic acid groups (broad SMARTS) is 1. The molecule has 5 atom stereocenters. The topological polar surface area (TPSA) is 143 Å². The highest BCUT2D eigenvalue weighted by Gasteiger charge is 2.47.